The highest BCUT2D eigenvalue weighted by molar-refractivity contribution is 8.76. The Labute approximate surface area is 161 Å². The monoisotopic (exact) mass is 434 g/mol. The second kappa shape index (κ2) is 12.2. The van der Waals surface area contributed by atoms with E-state index < -0.39 is 32.2 Å². The topological polar surface area (TPSA) is 124 Å². The second-order valence-corrected chi connectivity index (χ2v) is 10.1. The molecule has 154 valence electrons. The number of rotatable bonds is 13. The van der Waals surface area contributed by atoms with Crippen LogP contribution in [0.4, 0.5) is 0 Å². The van der Waals surface area contributed by atoms with Crippen molar-refractivity contribution in [1.82, 2.24) is 0 Å². The van der Waals surface area contributed by atoms with Crippen LogP contribution in [0.15, 0.2) is 0 Å². The smallest absolute Gasteiger partial charge is 0.395 e. The zero-order valence-electron chi connectivity index (χ0n) is 14.4. The Morgan fingerprint density at radius 1 is 1.04 bits per heavy atom. The fraction of sp³-hybridized carbons (Fsp3) is 1.00. The molecule has 12 heteroatoms. The van der Waals surface area contributed by atoms with Gasteiger partial charge in [0.05, 0.1) is 32.5 Å². The second-order valence-electron chi connectivity index (χ2n) is 5.73. The summed E-state index contributed by atoms with van der Waals surface area (Å²) in [6, 6.07) is 0. The van der Waals surface area contributed by atoms with Gasteiger partial charge in [-0.15, -0.1) is 0 Å². The Balaban J connectivity index is 1.85. The van der Waals surface area contributed by atoms with E-state index in [9.17, 15) is 14.8 Å². The van der Waals surface area contributed by atoms with Crippen LogP contribution in [0.25, 0.3) is 0 Å². The third-order valence-corrected chi connectivity index (χ3v) is 7.68. The van der Waals surface area contributed by atoms with Gasteiger partial charge in [-0.2, -0.15) is 0 Å². The van der Waals surface area contributed by atoms with Gasteiger partial charge in [0.2, 0.25) is 0 Å². The number of hydrogen-bond donors (Lipinski definition) is 3. The fourth-order valence-corrected chi connectivity index (χ4v) is 5.62. The van der Waals surface area contributed by atoms with Crippen LogP contribution < -0.4 is 0 Å². The van der Waals surface area contributed by atoms with Crippen LogP contribution in [-0.2, 0) is 27.6 Å². The van der Waals surface area contributed by atoms with Crippen LogP contribution >= 0.6 is 29.4 Å². The number of ether oxygens (including phenoxy) is 2. The van der Waals surface area contributed by atoms with Crippen molar-refractivity contribution >= 4 is 29.4 Å². The molecule has 2 saturated heterocycles. The van der Waals surface area contributed by atoms with Crippen LogP contribution in [-0.4, -0.2) is 90.9 Å². The quantitative estimate of drug-likeness (QED) is 0.217. The van der Waals surface area contributed by atoms with Gasteiger partial charge in [0, 0.05) is 31.1 Å². The van der Waals surface area contributed by atoms with Crippen molar-refractivity contribution in [3.63, 3.8) is 0 Å². The van der Waals surface area contributed by atoms with E-state index in [0.717, 1.165) is 0 Å². The average Bonchev–Trinajstić information content (AvgIpc) is 3.24. The molecule has 2 fully saturated rings. The Morgan fingerprint density at radius 2 is 1.77 bits per heavy atom. The molecule has 0 amide bonds. The van der Waals surface area contributed by atoms with Gasteiger partial charge in [0.15, 0.2) is 0 Å². The molecule has 0 aliphatic carbocycles. The molecule has 2 aliphatic heterocycles. The minimum atomic E-state index is -3.91. The summed E-state index contributed by atoms with van der Waals surface area (Å²) in [5, 5.41) is 27.8. The minimum absolute atomic E-state index is 0.0944. The molecule has 0 aromatic heterocycles. The Kier molecular flexibility index (Phi) is 10.8. The van der Waals surface area contributed by atoms with E-state index in [1.807, 2.05) is 0 Å². The largest absolute Gasteiger partial charge is 0.475 e. The van der Waals surface area contributed by atoms with Gasteiger partial charge in [-0.25, -0.2) is 4.57 Å². The molecule has 0 spiro atoms. The lowest BCUT2D eigenvalue weighted by Crippen LogP contribution is -2.29. The van der Waals surface area contributed by atoms with E-state index in [1.165, 1.54) is 21.6 Å². The molecule has 2 heterocycles. The molecule has 2 rings (SSSR count). The number of hydrogen-bond acceptors (Lipinski definition) is 11. The summed E-state index contributed by atoms with van der Waals surface area (Å²) in [5.41, 5.74) is 0. The summed E-state index contributed by atoms with van der Waals surface area (Å²) in [7, 11) is -0.944. The van der Waals surface area contributed by atoms with E-state index in [2.05, 4.69) is 0 Å². The first-order chi connectivity index (χ1) is 12.6. The molecule has 0 radical (unpaired) electrons. The van der Waals surface area contributed by atoms with Gasteiger partial charge in [-0.3, -0.25) is 13.6 Å². The summed E-state index contributed by atoms with van der Waals surface area (Å²) in [4.78, 5) is 0. The van der Waals surface area contributed by atoms with Crippen molar-refractivity contribution in [3.8, 4) is 0 Å². The number of phosphoric acid groups is 1. The molecule has 0 saturated carbocycles. The maximum Gasteiger partial charge on any atom is 0.475 e. The lowest BCUT2D eigenvalue weighted by molar-refractivity contribution is -0.0238. The molecule has 2 unspecified atom stereocenters. The van der Waals surface area contributed by atoms with Crippen molar-refractivity contribution < 1.29 is 42.9 Å². The maximum absolute atomic E-state index is 13.0. The van der Waals surface area contributed by atoms with E-state index in [0.29, 0.717) is 37.6 Å². The van der Waals surface area contributed by atoms with Crippen LogP contribution in [0.3, 0.4) is 0 Å². The number of phosphoric ester groups is 1. The summed E-state index contributed by atoms with van der Waals surface area (Å²) < 4.78 is 40.0. The number of aliphatic hydroxyl groups is 3. The van der Waals surface area contributed by atoms with Gasteiger partial charge < -0.3 is 24.8 Å². The first-order valence-electron chi connectivity index (χ1n) is 8.53. The molecule has 2 aliphatic rings. The molecule has 5 atom stereocenters. The van der Waals surface area contributed by atoms with Crippen molar-refractivity contribution in [1.29, 1.82) is 0 Å². The van der Waals surface area contributed by atoms with Crippen LogP contribution in [0.2, 0.25) is 0 Å². The van der Waals surface area contributed by atoms with Crippen LogP contribution in [0, 0.1) is 0 Å². The molecule has 0 aromatic carbocycles. The standard InChI is InChI=1S/C14H27O9PS2/c15-3-7-25-26-8-6-21-24(18,22-10-14-11(17)1-4-20-14)23-12-2-5-19-13(12)9-16/h11-17H,1-10H2/t11?,12?,13-,14-,24+/m1/s1. The fourth-order valence-electron chi connectivity index (χ4n) is 2.48. The summed E-state index contributed by atoms with van der Waals surface area (Å²) in [6.07, 6.45) is -1.42. The molecule has 3 N–H and O–H groups in total. The third-order valence-electron chi connectivity index (χ3n) is 3.84. The number of aliphatic hydroxyl groups excluding tert-OH is 3. The van der Waals surface area contributed by atoms with E-state index in [4.69, 9.17) is 28.2 Å². The third kappa shape index (κ3) is 7.56. The van der Waals surface area contributed by atoms with Crippen molar-refractivity contribution in [2.75, 3.05) is 51.1 Å². The van der Waals surface area contributed by atoms with Gasteiger partial charge in [0.25, 0.3) is 0 Å². The SMILES string of the molecule is O=[P@](OCCSSCCO)(OC[C@H]1OCCC1O)OC1CCO[C@@H]1CO. The molecular weight excluding hydrogens is 407 g/mol. The molecule has 0 bridgehead atoms. The van der Waals surface area contributed by atoms with Crippen molar-refractivity contribution in [3.05, 3.63) is 0 Å². The molecule has 9 nitrogen and oxygen atoms in total. The summed E-state index contributed by atoms with van der Waals surface area (Å²) in [5.74, 6) is 1.14. The normalized spacial score (nSPS) is 31.3. The van der Waals surface area contributed by atoms with Crippen molar-refractivity contribution in [2.24, 2.45) is 0 Å². The Hall–Kier alpha value is 0.610. The summed E-state index contributed by atoms with van der Waals surface area (Å²) >= 11 is 0. The highest BCUT2D eigenvalue weighted by atomic mass is 33.1. The zero-order chi connectivity index (χ0) is 18.8. The predicted molar refractivity (Wildman–Crippen MR) is 98.2 cm³/mol. The average molecular weight is 434 g/mol. The molecular formula is C14H27O9PS2. The predicted octanol–water partition coefficient (Wildman–Crippen LogP) is 0.818. The zero-order valence-corrected chi connectivity index (χ0v) is 17.0. The van der Waals surface area contributed by atoms with Gasteiger partial charge in [0.1, 0.15) is 18.3 Å². The first-order valence-corrected chi connectivity index (χ1v) is 12.5. The van der Waals surface area contributed by atoms with E-state index in [1.54, 1.807) is 0 Å². The summed E-state index contributed by atoms with van der Waals surface area (Å²) in [6.45, 7) is 0.685. The van der Waals surface area contributed by atoms with Gasteiger partial charge >= 0.3 is 7.82 Å². The molecule has 0 aromatic rings. The maximum atomic E-state index is 13.0. The van der Waals surface area contributed by atoms with Gasteiger partial charge in [-0.05, 0) is 6.42 Å². The molecule has 26 heavy (non-hydrogen) atoms. The van der Waals surface area contributed by atoms with Gasteiger partial charge in [-0.1, -0.05) is 21.6 Å². The van der Waals surface area contributed by atoms with Crippen molar-refractivity contribution in [2.45, 2.75) is 37.3 Å². The van der Waals surface area contributed by atoms with E-state index in [-0.39, 0.29) is 26.4 Å². The van der Waals surface area contributed by atoms with Crippen LogP contribution in [0.1, 0.15) is 12.8 Å². The minimum Gasteiger partial charge on any atom is -0.395 e. The van der Waals surface area contributed by atoms with E-state index >= 15 is 0 Å². The highest BCUT2D eigenvalue weighted by Gasteiger charge is 2.39. The Morgan fingerprint density at radius 3 is 2.46 bits per heavy atom. The lowest BCUT2D eigenvalue weighted by atomic mass is 10.2. The van der Waals surface area contributed by atoms with Crippen LogP contribution in [0.5, 0.6) is 0 Å². The Bertz CT molecular complexity index is 445. The highest BCUT2D eigenvalue weighted by Crippen LogP contribution is 2.52. The first kappa shape index (κ1) is 22.9. The lowest BCUT2D eigenvalue weighted by Gasteiger charge is -2.25.